The Morgan fingerprint density at radius 2 is 1.91 bits per heavy atom. The lowest BCUT2D eigenvalue weighted by atomic mass is 10.2. The Hall–Kier alpha value is -3.42. The minimum absolute atomic E-state index is 0.00943. The molecule has 0 unspecified atom stereocenters. The summed E-state index contributed by atoms with van der Waals surface area (Å²) in [6.45, 7) is 0.140. The summed E-state index contributed by atoms with van der Waals surface area (Å²) in [6.07, 6.45) is 1.26. The Morgan fingerprint density at radius 1 is 1.17 bits per heavy atom. The smallest absolute Gasteiger partial charge is 0.401 e. The van der Waals surface area contributed by atoms with Crippen LogP contribution in [0.1, 0.15) is 11.3 Å². The van der Waals surface area contributed by atoms with Gasteiger partial charge < -0.3 is 9.73 Å². The average Bonchev–Trinajstić information content (AvgIpc) is 3.10. The van der Waals surface area contributed by atoms with E-state index in [2.05, 4.69) is 5.32 Å². The van der Waals surface area contributed by atoms with E-state index in [-0.39, 0.29) is 18.0 Å². The highest BCUT2D eigenvalue weighted by Gasteiger charge is 2.33. The van der Waals surface area contributed by atoms with Gasteiger partial charge in [-0.05, 0) is 11.6 Å². The lowest BCUT2D eigenvalue weighted by molar-refractivity contribution is -0.402. The van der Waals surface area contributed by atoms with E-state index in [1.54, 1.807) is 12.1 Å². The van der Waals surface area contributed by atoms with E-state index in [4.69, 9.17) is 4.42 Å². The van der Waals surface area contributed by atoms with Crippen LogP contribution in [0.3, 0.4) is 0 Å². The SMILES string of the molecule is O=C1N/C(=C/c2ccc([N+](=O)[O-])o2)C(=O)N1Cc1ccccc1. The lowest BCUT2D eigenvalue weighted by Gasteiger charge is -2.11. The number of furan rings is 1. The molecule has 2 aromatic rings. The Balaban J connectivity index is 1.80. The van der Waals surface area contributed by atoms with Crippen LogP contribution in [0, 0.1) is 10.1 Å². The number of hydrogen-bond acceptors (Lipinski definition) is 5. The van der Waals surface area contributed by atoms with Gasteiger partial charge in [0, 0.05) is 6.08 Å². The van der Waals surface area contributed by atoms with E-state index in [9.17, 15) is 19.7 Å². The molecular formula is C15H11N3O5. The third-order valence-electron chi connectivity index (χ3n) is 3.22. The molecule has 2 heterocycles. The summed E-state index contributed by atoms with van der Waals surface area (Å²) in [4.78, 5) is 35.1. The third-order valence-corrected chi connectivity index (χ3v) is 3.22. The molecule has 1 aliphatic heterocycles. The first-order valence-electron chi connectivity index (χ1n) is 6.67. The Bertz CT molecular complexity index is 810. The monoisotopic (exact) mass is 313 g/mol. The molecule has 116 valence electrons. The summed E-state index contributed by atoms with van der Waals surface area (Å²) in [5.74, 6) is -0.838. The van der Waals surface area contributed by atoms with E-state index in [1.165, 1.54) is 18.2 Å². The van der Waals surface area contributed by atoms with Gasteiger partial charge in [-0.15, -0.1) is 0 Å². The number of hydrogen-bond donors (Lipinski definition) is 1. The Kier molecular flexibility index (Phi) is 3.63. The van der Waals surface area contributed by atoms with Crippen LogP contribution in [0.4, 0.5) is 10.7 Å². The quantitative estimate of drug-likeness (QED) is 0.403. The number of imide groups is 1. The molecule has 3 rings (SSSR count). The zero-order valence-electron chi connectivity index (χ0n) is 11.8. The van der Waals surface area contributed by atoms with Crippen molar-refractivity contribution in [1.29, 1.82) is 0 Å². The molecule has 0 radical (unpaired) electrons. The molecule has 0 spiro atoms. The van der Waals surface area contributed by atoms with Gasteiger partial charge in [-0.2, -0.15) is 0 Å². The highest BCUT2D eigenvalue weighted by atomic mass is 16.6. The minimum Gasteiger partial charge on any atom is -0.401 e. The molecule has 8 nitrogen and oxygen atoms in total. The minimum atomic E-state index is -0.682. The molecule has 0 atom stereocenters. The van der Waals surface area contributed by atoms with Gasteiger partial charge in [0.15, 0.2) is 0 Å². The van der Waals surface area contributed by atoms with Crippen LogP contribution >= 0.6 is 0 Å². The van der Waals surface area contributed by atoms with Crippen molar-refractivity contribution in [2.24, 2.45) is 0 Å². The second-order valence-corrected chi connectivity index (χ2v) is 4.80. The number of urea groups is 1. The summed E-state index contributed by atoms with van der Waals surface area (Å²) >= 11 is 0. The maximum atomic E-state index is 12.3. The number of nitrogens with one attached hydrogen (secondary N) is 1. The van der Waals surface area contributed by atoms with Crippen LogP contribution in [0.25, 0.3) is 6.08 Å². The van der Waals surface area contributed by atoms with Crippen molar-refractivity contribution in [3.63, 3.8) is 0 Å². The normalized spacial score (nSPS) is 16.0. The van der Waals surface area contributed by atoms with Gasteiger partial charge in [0.05, 0.1) is 12.6 Å². The summed E-state index contributed by atoms with van der Waals surface area (Å²) < 4.78 is 4.95. The van der Waals surface area contributed by atoms with Crippen LogP contribution in [-0.4, -0.2) is 21.8 Å². The molecule has 1 N–H and O–H groups in total. The molecule has 1 aromatic heterocycles. The zero-order chi connectivity index (χ0) is 16.4. The predicted octanol–water partition coefficient (Wildman–Crippen LogP) is 2.28. The molecule has 0 bridgehead atoms. The molecule has 1 saturated heterocycles. The van der Waals surface area contributed by atoms with Crippen LogP contribution in [0.15, 0.2) is 52.6 Å². The molecule has 3 amide bonds. The van der Waals surface area contributed by atoms with E-state index in [1.807, 2.05) is 18.2 Å². The number of carbonyl (C=O) groups is 2. The fraction of sp³-hybridized carbons (Fsp3) is 0.0667. The number of benzene rings is 1. The van der Waals surface area contributed by atoms with Gasteiger partial charge in [-0.1, -0.05) is 30.3 Å². The van der Waals surface area contributed by atoms with Crippen molar-refractivity contribution in [1.82, 2.24) is 10.2 Å². The summed E-state index contributed by atoms with van der Waals surface area (Å²) in [5, 5.41) is 13.0. The third kappa shape index (κ3) is 2.95. The number of amides is 3. The van der Waals surface area contributed by atoms with Gasteiger partial charge in [0.25, 0.3) is 5.91 Å². The first-order chi connectivity index (χ1) is 11.0. The molecule has 1 fully saturated rings. The summed E-state index contributed by atoms with van der Waals surface area (Å²) in [7, 11) is 0. The molecule has 0 aliphatic carbocycles. The van der Waals surface area contributed by atoms with E-state index < -0.39 is 22.7 Å². The van der Waals surface area contributed by atoms with Gasteiger partial charge in [0.1, 0.15) is 16.4 Å². The number of nitro groups is 1. The van der Waals surface area contributed by atoms with Crippen molar-refractivity contribution in [2.75, 3.05) is 0 Å². The van der Waals surface area contributed by atoms with Crippen LogP contribution in [0.5, 0.6) is 0 Å². The average molecular weight is 313 g/mol. The number of carbonyl (C=O) groups excluding carboxylic acids is 2. The highest BCUT2D eigenvalue weighted by molar-refractivity contribution is 6.13. The summed E-state index contributed by atoms with van der Waals surface area (Å²) in [5.41, 5.74) is 0.820. The first-order valence-corrected chi connectivity index (χ1v) is 6.67. The van der Waals surface area contributed by atoms with Gasteiger partial charge >= 0.3 is 11.9 Å². The highest BCUT2D eigenvalue weighted by Crippen LogP contribution is 2.20. The molecular weight excluding hydrogens is 302 g/mol. The zero-order valence-corrected chi connectivity index (χ0v) is 11.8. The molecule has 0 saturated carbocycles. The van der Waals surface area contributed by atoms with Crippen LogP contribution in [-0.2, 0) is 11.3 Å². The standard InChI is InChI=1S/C15H11N3O5/c19-14-12(8-11-6-7-13(23-11)18(21)22)16-15(20)17(14)9-10-4-2-1-3-5-10/h1-8H,9H2,(H,16,20)/b12-8+. The number of nitrogens with zero attached hydrogens (tertiary/aromatic N) is 2. The Labute approximate surface area is 130 Å². The topological polar surface area (TPSA) is 106 Å². The fourth-order valence-corrected chi connectivity index (χ4v) is 2.14. The van der Waals surface area contributed by atoms with Gasteiger partial charge in [-0.3, -0.25) is 19.8 Å². The van der Waals surface area contributed by atoms with Crippen molar-refractivity contribution in [2.45, 2.75) is 6.54 Å². The maximum absolute atomic E-state index is 12.3. The van der Waals surface area contributed by atoms with Crippen LogP contribution < -0.4 is 5.32 Å². The molecule has 1 aromatic carbocycles. The Morgan fingerprint density at radius 3 is 2.57 bits per heavy atom. The van der Waals surface area contributed by atoms with Crippen molar-refractivity contribution >= 4 is 23.9 Å². The molecule has 23 heavy (non-hydrogen) atoms. The first kappa shape index (κ1) is 14.5. The summed E-state index contributed by atoms with van der Waals surface area (Å²) in [6, 6.07) is 11.0. The lowest BCUT2D eigenvalue weighted by Crippen LogP contribution is -2.30. The van der Waals surface area contributed by atoms with Gasteiger partial charge in [0.2, 0.25) is 0 Å². The van der Waals surface area contributed by atoms with Gasteiger partial charge in [-0.25, -0.2) is 4.79 Å². The molecule has 1 aliphatic rings. The largest absolute Gasteiger partial charge is 0.433 e. The van der Waals surface area contributed by atoms with E-state index >= 15 is 0 Å². The fourth-order valence-electron chi connectivity index (χ4n) is 2.14. The number of rotatable bonds is 4. The van der Waals surface area contributed by atoms with Crippen molar-refractivity contribution in [3.8, 4) is 0 Å². The van der Waals surface area contributed by atoms with Crippen molar-refractivity contribution < 1.29 is 18.9 Å². The molecule has 8 heteroatoms. The van der Waals surface area contributed by atoms with E-state index in [0.717, 1.165) is 10.5 Å². The second kappa shape index (κ2) is 5.76. The maximum Gasteiger partial charge on any atom is 0.433 e. The van der Waals surface area contributed by atoms with Crippen LogP contribution in [0.2, 0.25) is 0 Å². The van der Waals surface area contributed by atoms with E-state index in [0.29, 0.717) is 0 Å². The predicted molar refractivity (Wildman–Crippen MR) is 78.9 cm³/mol. The van der Waals surface area contributed by atoms with Crippen molar-refractivity contribution in [3.05, 3.63) is 69.6 Å². The second-order valence-electron chi connectivity index (χ2n) is 4.80.